The maximum Gasteiger partial charge on any atom is 0.0702 e. The summed E-state index contributed by atoms with van der Waals surface area (Å²) >= 11 is 0. The van der Waals surface area contributed by atoms with Crippen molar-refractivity contribution in [3.63, 3.8) is 0 Å². The summed E-state index contributed by atoms with van der Waals surface area (Å²) in [4.78, 5) is 4.26. The molecule has 64 valence electrons. The van der Waals surface area contributed by atoms with Gasteiger partial charge in [-0.15, -0.1) is 0 Å². The molecule has 0 unspecified atom stereocenters. The number of hydrogen-bond donors (Lipinski definition) is 0. The molecule has 1 nitrogen and oxygen atoms in total. The molecule has 0 radical (unpaired) electrons. The second kappa shape index (κ2) is 3.40. The Morgan fingerprint density at radius 3 is 3.00 bits per heavy atom. The second-order valence-electron chi connectivity index (χ2n) is 2.96. The van der Waals surface area contributed by atoms with Gasteiger partial charge in [-0.2, -0.15) is 0 Å². The molecule has 0 aliphatic heterocycles. The molecule has 0 atom stereocenters. The molecule has 1 aromatic heterocycles. The molecular formula is C12H11N. The molecule has 0 fully saturated rings. The van der Waals surface area contributed by atoms with E-state index in [1.165, 1.54) is 10.9 Å². The van der Waals surface area contributed by atoms with Crippen molar-refractivity contribution < 1.29 is 0 Å². The van der Waals surface area contributed by atoms with Gasteiger partial charge < -0.3 is 0 Å². The van der Waals surface area contributed by atoms with Gasteiger partial charge in [-0.05, 0) is 30.7 Å². The third-order valence-electron chi connectivity index (χ3n) is 1.99. The molecule has 1 heteroatoms. The van der Waals surface area contributed by atoms with Crippen LogP contribution in [0.15, 0.2) is 42.6 Å². The quantitative estimate of drug-likeness (QED) is 0.638. The first-order valence-corrected chi connectivity index (χ1v) is 4.37. The summed E-state index contributed by atoms with van der Waals surface area (Å²) in [6.07, 6.45) is 5.95. The monoisotopic (exact) mass is 169 g/mol. The van der Waals surface area contributed by atoms with Gasteiger partial charge in [-0.3, -0.25) is 4.98 Å². The zero-order valence-corrected chi connectivity index (χ0v) is 7.57. The molecule has 0 saturated carbocycles. The van der Waals surface area contributed by atoms with Crippen molar-refractivity contribution >= 4 is 17.0 Å². The molecule has 0 aliphatic carbocycles. The molecule has 0 saturated heterocycles. The summed E-state index contributed by atoms with van der Waals surface area (Å²) < 4.78 is 0. The highest BCUT2D eigenvalue weighted by atomic mass is 14.6. The van der Waals surface area contributed by atoms with Gasteiger partial charge in [0.1, 0.15) is 0 Å². The van der Waals surface area contributed by atoms with Crippen molar-refractivity contribution in [1.82, 2.24) is 4.98 Å². The number of hydrogen-bond acceptors (Lipinski definition) is 1. The fraction of sp³-hybridized carbons (Fsp3) is 0.0833. The van der Waals surface area contributed by atoms with E-state index in [0.29, 0.717) is 0 Å². The zero-order valence-electron chi connectivity index (χ0n) is 7.57. The number of aromatic nitrogens is 1. The standard InChI is InChI=1S/C12H11N/c1-2-4-10-6-7-12-11(9-10)5-3-8-13-12/h2-9H,1H3/b4-2+. The van der Waals surface area contributed by atoms with Gasteiger partial charge in [-0.1, -0.05) is 24.3 Å². The van der Waals surface area contributed by atoms with E-state index < -0.39 is 0 Å². The van der Waals surface area contributed by atoms with Crippen molar-refractivity contribution in [1.29, 1.82) is 0 Å². The Bertz CT molecular complexity index is 444. The van der Waals surface area contributed by atoms with E-state index in [1.54, 1.807) is 0 Å². The lowest BCUT2D eigenvalue weighted by Crippen LogP contribution is -1.78. The van der Waals surface area contributed by atoms with Gasteiger partial charge in [0.15, 0.2) is 0 Å². The van der Waals surface area contributed by atoms with Crippen LogP contribution in [0.4, 0.5) is 0 Å². The smallest absolute Gasteiger partial charge is 0.0702 e. The second-order valence-corrected chi connectivity index (χ2v) is 2.96. The minimum absolute atomic E-state index is 1.05. The predicted octanol–water partition coefficient (Wildman–Crippen LogP) is 3.27. The summed E-state index contributed by atoms with van der Waals surface area (Å²) in [5.74, 6) is 0. The molecule has 0 spiro atoms. The highest BCUT2D eigenvalue weighted by Crippen LogP contribution is 2.13. The predicted molar refractivity (Wildman–Crippen MR) is 56.5 cm³/mol. The van der Waals surface area contributed by atoms with Gasteiger partial charge in [0, 0.05) is 11.6 Å². The third-order valence-corrected chi connectivity index (χ3v) is 1.99. The van der Waals surface area contributed by atoms with Crippen LogP contribution in [-0.4, -0.2) is 4.98 Å². The SMILES string of the molecule is C/C=C/c1ccc2ncccc2c1. The van der Waals surface area contributed by atoms with E-state index in [2.05, 4.69) is 29.3 Å². The number of pyridine rings is 1. The van der Waals surface area contributed by atoms with Gasteiger partial charge in [0.25, 0.3) is 0 Å². The molecule has 2 rings (SSSR count). The summed E-state index contributed by atoms with van der Waals surface area (Å²) in [7, 11) is 0. The van der Waals surface area contributed by atoms with Crippen LogP contribution in [0.5, 0.6) is 0 Å². The normalized spacial score (nSPS) is 11.2. The highest BCUT2D eigenvalue weighted by molar-refractivity contribution is 5.80. The fourth-order valence-electron chi connectivity index (χ4n) is 1.39. The van der Waals surface area contributed by atoms with Crippen LogP contribution in [0.2, 0.25) is 0 Å². The Kier molecular flexibility index (Phi) is 2.09. The van der Waals surface area contributed by atoms with Crippen molar-refractivity contribution in [3.8, 4) is 0 Å². The highest BCUT2D eigenvalue weighted by Gasteiger charge is 1.92. The molecular weight excluding hydrogens is 158 g/mol. The lowest BCUT2D eigenvalue weighted by atomic mass is 10.1. The Labute approximate surface area is 77.7 Å². The van der Waals surface area contributed by atoms with E-state index in [1.807, 2.05) is 31.3 Å². The van der Waals surface area contributed by atoms with Crippen molar-refractivity contribution in [2.45, 2.75) is 6.92 Å². The zero-order chi connectivity index (χ0) is 9.10. The molecule has 1 aromatic carbocycles. The van der Waals surface area contributed by atoms with Gasteiger partial charge in [0.2, 0.25) is 0 Å². The first-order valence-electron chi connectivity index (χ1n) is 4.37. The van der Waals surface area contributed by atoms with E-state index in [9.17, 15) is 0 Å². The number of rotatable bonds is 1. The van der Waals surface area contributed by atoms with Crippen LogP contribution in [-0.2, 0) is 0 Å². The van der Waals surface area contributed by atoms with Crippen LogP contribution in [0, 0.1) is 0 Å². The average Bonchev–Trinajstić information content (AvgIpc) is 2.18. The molecule has 0 bridgehead atoms. The van der Waals surface area contributed by atoms with E-state index in [4.69, 9.17) is 0 Å². The Hall–Kier alpha value is -1.63. The number of nitrogens with zero attached hydrogens (tertiary/aromatic N) is 1. The molecule has 1 heterocycles. The van der Waals surface area contributed by atoms with Crippen LogP contribution in [0.3, 0.4) is 0 Å². The summed E-state index contributed by atoms with van der Waals surface area (Å²) in [6, 6.07) is 10.3. The number of fused-ring (bicyclic) bond motifs is 1. The maximum absolute atomic E-state index is 4.26. The number of benzene rings is 1. The molecule has 0 aliphatic rings. The lowest BCUT2D eigenvalue weighted by molar-refractivity contribution is 1.41. The number of allylic oxidation sites excluding steroid dienone is 1. The fourth-order valence-corrected chi connectivity index (χ4v) is 1.39. The molecule has 0 N–H and O–H groups in total. The van der Waals surface area contributed by atoms with Crippen molar-refractivity contribution in [2.75, 3.05) is 0 Å². The van der Waals surface area contributed by atoms with Crippen LogP contribution in [0.1, 0.15) is 12.5 Å². The Morgan fingerprint density at radius 2 is 2.15 bits per heavy atom. The van der Waals surface area contributed by atoms with Gasteiger partial charge in [0.05, 0.1) is 5.52 Å². The van der Waals surface area contributed by atoms with Gasteiger partial charge >= 0.3 is 0 Å². The Morgan fingerprint density at radius 1 is 1.23 bits per heavy atom. The third kappa shape index (κ3) is 1.59. The summed E-state index contributed by atoms with van der Waals surface area (Å²) in [6.45, 7) is 2.02. The van der Waals surface area contributed by atoms with Crippen molar-refractivity contribution in [2.24, 2.45) is 0 Å². The molecule has 13 heavy (non-hydrogen) atoms. The minimum atomic E-state index is 1.05. The minimum Gasteiger partial charge on any atom is -0.256 e. The maximum atomic E-state index is 4.26. The van der Waals surface area contributed by atoms with Crippen LogP contribution < -0.4 is 0 Å². The van der Waals surface area contributed by atoms with E-state index in [-0.39, 0.29) is 0 Å². The van der Waals surface area contributed by atoms with Crippen molar-refractivity contribution in [3.05, 3.63) is 48.2 Å². The topological polar surface area (TPSA) is 12.9 Å². The van der Waals surface area contributed by atoms with E-state index in [0.717, 1.165) is 5.52 Å². The first kappa shape index (κ1) is 7.99. The van der Waals surface area contributed by atoms with E-state index >= 15 is 0 Å². The Balaban J connectivity index is 2.62. The molecule has 0 amide bonds. The van der Waals surface area contributed by atoms with Gasteiger partial charge in [-0.25, -0.2) is 0 Å². The first-order chi connectivity index (χ1) is 6.40. The van der Waals surface area contributed by atoms with Crippen LogP contribution in [0.25, 0.3) is 17.0 Å². The summed E-state index contributed by atoms with van der Waals surface area (Å²) in [5.41, 5.74) is 2.28. The average molecular weight is 169 g/mol. The largest absolute Gasteiger partial charge is 0.256 e. The van der Waals surface area contributed by atoms with Crippen LogP contribution >= 0.6 is 0 Å². The molecule has 2 aromatic rings. The lowest BCUT2D eigenvalue weighted by Gasteiger charge is -1.97. The summed E-state index contributed by atoms with van der Waals surface area (Å²) in [5, 5.41) is 1.19.